The third-order valence-corrected chi connectivity index (χ3v) is 5.79. The Labute approximate surface area is 154 Å². The molecule has 0 atom stereocenters. The van der Waals surface area contributed by atoms with Crippen molar-refractivity contribution < 1.29 is 0 Å². The van der Waals surface area contributed by atoms with Gasteiger partial charge in [-0.1, -0.05) is 42.5 Å². The van der Waals surface area contributed by atoms with Crippen molar-refractivity contribution in [3.63, 3.8) is 0 Å². The van der Waals surface area contributed by atoms with E-state index in [1.807, 2.05) is 28.8 Å². The van der Waals surface area contributed by atoms with E-state index < -0.39 is 0 Å². The smallest absolute Gasteiger partial charge is 0.306 e. The molecule has 0 bridgehead atoms. The van der Waals surface area contributed by atoms with Crippen LogP contribution in [0.15, 0.2) is 59.4 Å². The fourth-order valence-electron chi connectivity index (χ4n) is 4.37. The highest BCUT2D eigenvalue weighted by atomic mass is 16.1. The van der Waals surface area contributed by atoms with Crippen LogP contribution in [0.4, 0.5) is 0 Å². The zero-order chi connectivity index (χ0) is 18.1. The third kappa shape index (κ3) is 3.21. The van der Waals surface area contributed by atoms with Crippen molar-refractivity contribution in [1.82, 2.24) is 14.5 Å². The molecule has 2 heterocycles. The number of nitrogens with one attached hydrogen (secondary N) is 1. The Bertz CT molecular complexity index is 931. The highest BCUT2D eigenvalue weighted by Crippen LogP contribution is 2.30. The highest BCUT2D eigenvalue weighted by Gasteiger charge is 2.32. The quantitative estimate of drug-likeness (QED) is 0.774. The molecule has 4 heteroatoms. The maximum atomic E-state index is 12.5. The van der Waals surface area contributed by atoms with Crippen molar-refractivity contribution in [3.05, 3.63) is 70.6 Å². The van der Waals surface area contributed by atoms with Crippen LogP contribution in [0.1, 0.15) is 38.3 Å². The molecule has 1 saturated heterocycles. The van der Waals surface area contributed by atoms with Crippen molar-refractivity contribution in [2.45, 2.75) is 44.7 Å². The van der Waals surface area contributed by atoms with Crippen molar-refractivity contribution in [2.24, 2.45) is 0 Å². The van der Waals surface area contributed by atoms with Gasteiger partial charge in [-0.15, -0.1) is 0 Å². The van der Waals surface area contributed by atoms with Crippen molar-refractivity contribution in [3.8, 4) is 0 Å². The molecule has 1 N–H and O–H groups in total. The van der Waals surface area contributed by atoms with Gasteiger partial charge in [-0.25, -0.2) is 4.79 Å². The van der Waals surface area contributed by atoms with Gasteiger partial charge in [-0.05, 0) is 50.8 Å². The van der Waals surface area contributed by atoms with Crippen LogP contribution in [0.5, 0.6) is 0 Å². The Hall–Kier alpha value is -2.33. The van der Waals surface area contributed by atoms with Crippen LogP contribution >= 0.6 is 0 Å². The SMILES string of the molecule is CC(C)(Cc1ccccc1)N1CCC(n2c(=O)[nH]c3ccccc32)CC1. The van der Waals surface area contributed by atoms with E-state index in [0.29, 0.717) is 0 Å². The first kappa shape index (κ1) is 17.1. The number of aromatic nitrogens is 2. The molecule has 3 aromatic rings. The van der Waals surface area contributed by atoms with Crippen LogP contribution in [-0.2, 0) is 6.42 Å². The number of hydrogen-bond acceptors (Lipinski definition) is 2. The molecule has 0 radical (unpaired) electrons. The Morgan fingerprint density at radius 3 is 2.38 bits per heavy atom. The molecule has 1 aromatic heterocycles. The Kier molecular flexibility index (Phi) is 4.45. The molecule has 1 aliphatic heterocycles. The summed E-state index contributed by atoms with van der Waals surface area (Å²) in [5, 5.41) is 0. The number of para-hydroxylation sites is 2. The molecule has 0 aliphatic carbocycles. The molecule has 4 rings (SSSR count). The second kappa shape index (κ2) is 6.76. The zero-order valence-corrected chi connectivity index (χ0v) is 15.6. The van der Waals surface area contributed by atoms with Gasteiger partial charge in [-0.3, -0.25) is 9.47 Å². The van der Waals surface area contributed by atoms with Crippen LogP contribution < -0.4 is 5.69 Å². The van der Waals surface area contributed by atoms with E-state index in [9.17, 15) is 4.79 Å². The number of aromatic amines is 1. The molecule has 2 aromatic carbocycles. The number of likely N-dealkylation sites (tertiary alicyclic amines) is 1. The van der Waals surface area contributed by atoms with E-state index in [1.165, 1.54) is 5.56 Å². The van der Waals surface area contributed by atoms with E-state index in [0.717, 1.165) is 43.4 Å². The van der Waals surface area contributed by atoms with Crippen LogP contribution in [0.3, 0.4) is 0 Å². The number of H-pyrrole nitrogens is 1. The normalized spacial score (nSPS) is 17.0. The van der Waals surface area contributed by atoms with Gasteiger partial charge in [0.25, 0.3) is 0 Å². The van der Waals surface area contributed by atoms with Crippen molar-refractivity contribution >= 4 is 11.0 Å². The number of rotatable bonds is 4. The number of piperidine rings is 1. The van der Waals surface area contributed by atoms with Gasteiger partial charge in [0.15, 0.2) is 0 Å². The zero-order valence-electron chi connectivity index (χ0n) is 15.6. The van der Waals surface area contributed by atoms with Gasteiger partial charge < -0.3 is 4.98 Å². The van der Waals surface area contributed by atoms with Crippen LogP contribution in [-0.4, -0.2) is 33.1 Å². The summed E-state index contributed by atoms with van der Waals surface area (Å²) in [5.41, 5.74) is 3.49. The first-order valence-electron chi connectivity index (χ1n) is 9.53. The Balaban J connectivity index is 1.48. The van der Waals surface area contributed by atoms with Crippen molar-refractivity contribution in [1.29, 1.82) is 0 Å². The summed E-state index contributed by atoms with van der Waals surface area (Å²) in [7, 11) is 0. The molecule has 4 nitrogen and oxygen atoms in total. The first-order valence-corrected chi connectivity index (χ1v) is 9.53. The van der Waals surface area contributed by atoms with E-state index in [1.54, 1.807) is 0 Å². The lowest BCUT2D eigenvalue weighted by Gasteiger charge is -2.43. The molecule has 1 aliphatic rings. The average Bonchev–Trinajstić information content (AvgIpc) is 2.98. The molecule has 26 heavy (non-hydrogen) atoms. The predicted molar refractivity (Wildman–Crippen MR) is 107 cm³/mol. The summed E-state index contributed by atoms with van der Waals surface area (Å²) < 4.78 is 1.97. The largest absolute Gasteiger partial charge is 0.326 e. The molecular weight excluding hydrogens is 322 g/mol. The Morgan fingerprint density at radius 1 is 1.00 bits per heavy atom. The van der Waals surface area contributed by atoms with E-state index in [4.69, 9.17) is 0 Å². The number of fused-ring (bicyclic) bond motifs is 1. The van der Waals surface area contributed by atoms with E-state index >= 15 is 0 Å². The highest BCUT2D eigenvalue weighted by molar-refractivity contribution is 5.75. The first-order chi connectivity index (χ1) is 12.5. The molecule has 0 saturated carbocycles. The second-order valence-electron chi connectivity index (χ2n) is 8.01. The van der Waals surface area contributed by atoms with Gasteiger partial charge in [-0.2, -0.15) is 0 Å². The molecule has 1 fully saturated rings. The number of hydrogen-bond donors (Lipinski definition) is 1. The molecule has 136 valence electrons. The standard InChI is InChI=1S/C22H27N3O/c1-22(2,16-17-8-4-3-5-9-17)24-14-12-18(13-15-24)25-20-11-7-6-10-19(20)23-21(25)26/h3-11,18H,12-16H2,1-2H3,(H,23,26). The minimum atomic E-state index is 0.0215. The molecule has 0 unspecified atom stereocenters. The monoisotopic (exact) mass is 349 g/mol. The lowest BCUT2D eigenvalue weighted by molar-refractivity contribution is 0.0771. The number of nitrogens with zero attached hydrogens (tertiary/aromatic N) is 2. The van der Waals surface area contributed by atoms with Gasteiger partial charge >= 0.3 is 5.69 Å². The van der Waals surface area contributed by atoms with Crippen LogP contribution in [0.2, 0.25) is 0 Å². The third-order valence-electron chi connectivity index (χ3n) is 5.79. The van der Waals surface area contributed by atoms with Crippen LogP contribution in [0, 0.1) is 0 Å². The lowest BCUT2D eigenvalue weighted by Crippen LogP contribution is -2.50. The second-order valence-corrected chi connectivity index (χ2v) is 8.01. The van der Waals surface area contributed by atoms with Gasteiger partial charge in [0.2, 0.25) is 0 Å². The molecule has 0 amide bonds. The summed E-state index contributed by atoms with van der Waals surface area (Å²) in [6.45, 7) is 6.71. The topological polar surface area (TPSA) is 41.0 Å². The summed E-state index contributed by atoms with van der Waals surface area (Å²) in [5.74, 6) is 0. The van der Waals surface area contributed by atoms with Gasteiger partial charge in [0.1, 0.15) is 0 Å². The van der Waals surface area contributed by atoms with E-state index in [2.05, 4.69) is 54.1 Å². The fraction of sp³-hybridized carbons (Fsp3) is 0.409. The van der Waals surface area contributed by atoms with Gasteiger partial charge in [0, 0.05) is 24.7 Å². The minimum Gasteiger partial charge on any atom is -0.306 e. The number of benzene rings is 2. The average molecular weight is 349 g/mol. The summed E-state index contributed by atoms with van der Waals surface area (Å²) in [4.78, 5) is 18.0. The molecular formula is C22H27N3O. The van der Waals surface area contributed by atoms with Crippen molar-refractivity contribution in [2.75, 3.05) is 13.1 Å². The summed E-state index contributed by atoms with van der Waals surface area (Å²) in [6.07, 6.45) is 3.07. The van der Waals surface area contributed by atoms with E-state index in [-0.39, 0.29) is 17.3 Å². The minimum absolute atomic E-state index is 0.0215. The summed E-state index contributed by atoms with van der Waals surface area (Å²) in [6, 6.07) is 19.0. The Morgan fingerprint density at radius 2 is 1.65 bits per heavy atom. The fourth-order valence-corrected chi connectivity index (χ4v) is 4.37. The van der Waals surface area contributed by atoms with Gasteiger partial charge in [0.05, 0.1) is 11.0 Å². The maximum absolute atomic E-state index is 12.5. The van der Waals surface area contributed by atoms with Crippen LogP contribution in [0.25, 0.3) is 11.0 Å². The molecule has 0 spiro atoms. The summed E-state index contributed by atoms with van der Waals surface area (Å²) >= 11 is 0. The number of imidazole rings is 1. The maximum Gasteiger partial charge on any atom is 0.326 e. The predicted octanol–water partition coefficient (Wildman–Crippen LogP) is 3.99. The lowest BCUT2D eigenvalue weighted by atomic mass is 9.90.